The number of para-hydroxylation sites is 5. The monoisotopic (exact) mass is 879 g/mol. The smallest absolute Gasteiger partial charge is 0.132 e. The fourth-order valence-corrected chi connectivity index (χ4v) is 12.8. The second-order valence-electron chi connectivity index (χ2n) is 18.6. The Morgan fingerprint density at radius 1 is 0.304 bits per heavy atom. The number of rotatable bonds is 4. The zero-order valence-electron chi connectivity index (χ0n) is 37.4. The number of nitrogens with zero attached hydrogens (tertiary/aromatic N) is 1. The van der Waals surface area contributed by atoms with E-state index in [1.54, 1.807) is 0 Å². The largest absolute Gasteiger partial charge is 0.457 e. The van der Waals surface area contributed by atoms with E-state index in [1.807, 2.05) is 0 Å². The van der Waals surface area contributed by atoms with Gasteiger partial charge in [-0.1, -0.05) is 200 Å². The predicted octanol–water partition coefficient (Wildman–Crippen LogP) is 16.9. The molecule has 2 aliphatic heterocycles. The molecule has 0 amide bonds. The Morgan fingerprint density at radius 2 is 0.812 bits per heavy atom. The van der Waals surface area contributed by atoms with Crippen molar-refractivity contribution < 1.29 is 9.47 Å². The zero-order valence-corrected chi connectivity index (χ0v) is 37.4. The van der Waals surface area contributed by atoms with Crippen LogP contribution in [-0.4, -0.2) is 0 Å². The molecule has 3 nitrogen and oxygen atoms in total. The van der Waals surface area contributed by atoms with Gasteiger partial charge in [-0.25, -0.2) is 0 Å². The minimum Gasteiger partial charge on any atom is -0.457 e. The van der Waals surface area contributed by atoms with Crippen LogP contribution in [0.25, 0.3) is 44.2 Å². The van der Waals surface area contributed by atoms with Crippen LogP contribution in [0.3, 0.4) is 0 Å². The van der Waals surface area contributed by atoms with Gasteiger partial charge in [0.15, 0.2) is 0 Å². The van der Waals surface area contributed by atoms with Crippen LogP contribution in [0.4, 0.5) is 17.1 Å². The third kappa shape index (κ3) is 5.01. The van der Waals surface area contributed by atoms with Crippen molar-refractivity contribution in [3.8, 4) is 56.4 Å². The average Bonchev–Trinajstić information content (AvgIpc) is 3.88. The van der Waals surface area contributed by atoms with Gasteiger partial charge in [-0.05, 0) is 104 Å². The Kier molecular flexibility index (Phi) is 7.92. The summed E-state index contributed by atoms with van der Waals surface area (Å²) >= 11 is 0. The normalized spacial score (nSPS) is 14.3. The molecule has 0 saturated carbocycles. The highest BCUT2D eigenvalue weighted by Crippen LogP contribution is 2.66. The van der Waals surface area contributed by atoms with Crippen LogP contribution >= 0.6 is 0 Å². The number of benzene rings is 11. The molecule has 0 saturated heterocycles. The van der Waals surface area contributed by atoms with Gasteiger partial charge in [0, 0.05) is 39.1 Å². The van der Waals surface area contributed by atoms with Crippen LogP contribution in [0.5, 0.6) is 23.0 Å². The highest BCUT2D eigenvalue weighted by Gasteiger charge is 2.54. The van der Waals surface area contributed by atoms with Gasteiger partial charge in [0.2, 0.25) is 0 Å². The Labute approximate surface area is 400 Å². The molecule has 0 bridgehead atoms. The second-order valence-corrected chi connectivity index (χ2v) is 18.6. The van der Waals surface area contributed by atoms with Crippen LogP contribution in [-0.2, 0) is 10.8 Å². The molecule has 69 heavy (non-hydrogen) atoms. The van der Waals surface area contributed by atoms with E-state index in [0.29, 0.717) is 0 Å². The molecule has 0 radical (unpaired) electrons. The lowest BCUT2D eigenvalue weighted by Gasteiger charge is -2.40. The maximum Gasteiger partial charge on any atom is 0.132 e. The third-order valence-electron chi connectivity index (χ3n) is 15.4. The quantitative estimate of drug-likeness (QED) is 0.176. The number of anilines is 3. The van der Waals surface area contributed by atoms with Crippen molar-refractivity contribution in [3.63, 3.8) is 0 Å². The van der Waals surface area contributed by atoms with Crippen molar-refractivity contribution in [1.29, 1.82) is 0 Å². The van der Waals surface area contributed by atoms with E-state index in [0.717, 1.165) is 73.4 Å². The van der Waals surface area contributed by atoms with Crippen molar-refractivity contribution in [2.24, 2.45) is 0 Å². The molecular formula is C66H41NO2. The van der Waals surface area contributed by atoms with E-state index in [4.69, 9.17) is 9.47 Å². The number of hydrogen-bond acceptors (Lipinski definition) is 3. The van der Waals surface area contributed by atoms with Gasteiger partial charge in [-0.3, -0.25) is 0 Å². The Balaban J connectivity index is 1.07. The minimum absolute atomic E-state index is 0.627. The molecule has 11 aromatic rings. The lowest BCUT2D eigenvalue weighted by Crippen LogP contribution is -2.32. The van der Waals surface area contributed by atoms with E-state index in [2.05, 4.69) is 254 Å². The molecule has 2 spiro atoms. The molecule has 11 aromatic carbocycles. The van der Waals surface area contributed by atoms with Crippen LogP contribution in [0.15, 0.2) is 249 Å². The van der Waals surface area contributed by atoms with Gasteiger partial charge >= 0.3 is 0 Å². The summed E-state index contributed by atoms with van der Waals surface area (Å²) < 4.78 is 13.6. The molecule has 15 rings (SSSR count). The lowest BCUT2D eigenvalue weighted by atomic mass is 9.65. The van der Waals surface area contributed by atoms with Crippen molar-refractivity contribution in [3.05, 3.63) is 293 Å². The molecule has 2 aliphatic carbocycles. The lowest BCUT2D eigenvalue weighted by molar-refractivity contribution is 0.436. The van der Waals surface area contributed by atoms with Crippen molar-refractivity contribution in [2.45, 2.75) is 10.8 Å². The summed E-state index contributed by atoms with van der Waals surface area (Å²) in [6.45, 7) is 0. The molecule has 322 valence electrons. The average molecular weight is 880 g/mol. The molecule has 2 heterocycles. The van der Waals surface area contributed by atoms with Gasteiger partial charge in [0.25, 0.3) is 0 Å². The summed E-state index contributed by atoms with van der Waals surface area (Å²) in [6.07, 6.45) is 0. The summed E-state index contributed by atoms with van der Waals surface area (Å²) in [5.41, 5.74) is 18.7. The number of ether oxygens (including phenoxy) is 2. The summed E-state index contributed by atoms with van der Waals surface area (Å²) in [4.78, 5) is 2.54. The number of hydrogen-bond donors (Lipinski definition) is 0. The summed E-state index contributed by atoms with van der Waals surface area (Å²) in [5, 5.41) is 2.46. The van der Waals surface area contributed by atoms with Crippen LogP contribution in [0.1, 0.15) is 44.5 Å². The Hall–Kier alpha value is -8.92. The fraction of sp³-hybridized carbons (Fsp3) is 0.0303. The van der Waals surface area contributed by atoms with Gasteiger partial charge < -0.3 is 14.4 Å². The summed E-state index contributed by atoms with van der Waals surface area (Å²) in [5.74, 6) is 3.51. The topological polar surface area (TPSA) is 21.7 Å². The highest BCUT2D eigenvalue weighted by atomic mass is 16.5. The minimum atomic E-state index is -0.692. The zero-order chi connectivity index (χ0) is 45.3. The highest BCUT2D eigenvalue weighted by molar-refractivity contribution is 6.04. The maximum atomic E-state index is 6.86. The van der Waals surface area contributed by atoms with Crippen molar-refractivity contribution in [1.82, 2.24) is 0 Å². The molecule has 0 fully saturated rings. The summed E-state index contributed by atoms with van der Waals surface area (Å²) in [6, 6.07) is 91.0. The predicted molar refractivity (Wildman–Crippen MR) is 279 cm³/mol. The number of fused-ring (bicyclic) bond motifs is 20. The molecule has 0 N–H and O–H groups in total. The van der Waals surface area contributed by atoms with Crippen molar-refractivity contribution in [2.75, 3.05) is 4.90 Å². The second kappa shape index (κ2) is 14.3. The van der Waals surface area contributed by atoms with Gasteiger partial charge in [-0.15, -0.1) is 0 Å². The van der Waals surface area contributed by atoms with E-state index in [-0.39, 0.29) is 0 Å². The van der Waals surface area contributed by atoms with Crippen LogP contribution in [0.2, 0.25) is 0 Å². The molecule has 0 atom stereocenters. The van der Waals surface area contributed by atoms with E-state index < -0.39 is 10.8 Å². The van der Waals surface area contributed by atoms with E-state index >= 15 is 0 Å². The molecule has 3 heteroatoms. The first-order valence-electron chi connectivity index (χ1n) is 23.8. The van der Waals surface area contributed by atoms with Crippen LogP contribution < -0.4 is 14.4 Å². The Bertz CT molecular complexity index is 3850. The molecule has 4 aliphatic rings. The third-order valence-corrected chi connectivity index (χ3v) is 15.4. The summed E-state index contributed by atoms with van der Waals surface area (Å²) in [7, 11) is 0. The van der Waals surface area contributed by atoms with Gasteiger partial charge in [0.05, 0.1) is 22.2 Å². The SMILES string of the molecule is c1ccc(-c2ccccc2N(c2ccc3c(c2)C2(c4ccccc4Oc4ccccc42)c2c-3ccc3ccccc23)c2cccc3c2-c2ccccc2C32c3ccccc3Oc3ccccc32)cc1. The van der Waals surface area contributed by atoms with Gasteiger partial charge in [-0.2, -0.15) is 0 Å². The Morgan fingerprint density at radius 3 is 1.49 bits per heavy atom. The maximum absolute atomic E-state index is 6.86. The first-order chi connectivity index (χ1) is 34.2. The van der Waals surface area contributed by atoms with Crippen molar-refractivity contribution >= 4 is 27.8 Å². The first kappa shape index (κ1) is 38.2. The fourth-order valence-electron chi connectivity index (χ4n) is 12.8. The standard InChI is InChI=1S/C66H41NO2/c1-2-19-42(20-3-1)45-22-7-13-31-57(45)67(58-32-18-30-55-63(58)49-24-6-8-25-50(49)65(55)51-26-9-14-33-59(51)68-60-34-15-10-27-52(60)65)44-38-40-47-48-39-37-43-21-4-5-23-46(43)64(48)66(56(47)41-44)53-28-11-16-35-61(53)69-62-36-17-12-29-54(62)66/h1-41H. The van der Waals surface area contributed by atoms with Gasteiger partial charge in [0.1, 0.15) is 23.0 Å². The molecular weight excluding hydrogens is 839 g/mol. The van der Waals surface area contributed by atoms with Crippen LogP contribution in [0, 0.1) is 0 Å². The first-order valence-corrected chi connectivity index (χ1v) is 23.8. The molecule has 0 aromatic heterocycles. The van der Waals surface area contributed by atoms with E-state index in [9.17, 15) is 0 Å². The van der Waals surface area contributed by atoms with E-state index in [1.165, 1.54) is 55.3 Å². The molecule has 0 unspecified atom stereocenters.